The van der Waals surface area contributed by atoms with Gasteiger partial charge in [-0.2, -0.15) is 0 Å². The van der Waals surface area contributed by atoms with Crippen LogP contribution in [0.15, 0.2) is 29.2 Å². The molecule has 1 aromatic carbocycles. The Hall–Kier alpha value is -1.93. The number of ether oxygens (including phenoxy) is 1. The van der Waals surface area contributed by atoms with Gasteiger partial charge in [-0.15, -0.1) is 0 Å². The summed E-state index contributed by atoms with van der Waals surface area (Å²) in [7, 11) is -4.03. The highest BCUT2D eigenvalue weighted by Crippen LogP contribution is 2.28. The topological polar surface area (TPSA) is 84.0 Å². The van der Waals surface area contributed by atoms with Gasteiger partial charge in [0, 0.05) is 19.5 Å². The minimum absolute atomic E-state index is 0.0307. The normalized spacial score (nSPS) is 22.0. The number of sulfonamides is 1. The number of carbonyl (C=O) groups excluding carboxylic acids is 2. The molecule has 3 rings (SSSR count). The molecular formula is C16H20N2O5S. The van der Waals surface area contributed by atoms with Gasteiger partial charge in [0.05, 0.1) is 18.1 Å². The summed E-state index contributed by atoms with van der Waals surface area (Å²) in [5, 5.41) is 0. The highest BCUT2D eigenvalue weighted by molar-refractivity contribution is 7.89. The molecule has 2 aliphatic rings. The van der Waals surface area contributed by atoms with Gasteiger partial charge in [0.15, 0.2) is 0 Å². The standard InChI is InChI=1S/C16H20N2O5S/c1-12-2-4-13(5-3-12)24(21,22)18-14(6-7-15(18)19)16(20)17-8-10-23-11-9-17/h2-5,14H,6-11H2,1H3/t14-/m0/s1. The number of benzene rings is 1. The molecule has 0 bridgehead atoms. The van der Waals surface area contributed by atoms with Crippen LogP contribution in [-0.2, 0) is 24.3 Å². The van der Waals surface area contributed by atoms with Crippen LogP contribution < -0.4 is 0 Å². The monoisotopic (exact) mass is 352 g/mol. The molecule has 0 saturated carbocycles. The number of rotatable bonds is 3. The van der Waals surface area contributed by atoms with E-state index >= 15 is 0 Å². The summed E-state index contributed by atoms with van der Waals surface area (Å²) in [6.45, 7) is 3.54. The summed E-state index contributed by atoms with van der Waals surface area (Å²) in [4.78, 5) is 26.5. The predicted octanol–water partition coefficient (Wildman–Crippen LogP) is 0.534. The Morgan fingerprint density at radius 3 is 2.42 bits per heavy atom. The van der Waals surface area contributed by atoms with E-state index in [2.05, 4.69) is 0 Å². The Labute approximate surface area is 141 Å². The van der Waals surface area contributed by atoms with E-state index in [4.69, 9.17) is 4.74 Å². The maximum Gasteiger partial charge on any atom is 0.267 e. The summed E-state index contributed by atoms with van der Waals surface area (Å²) in [6.07, 6.45) is 0.284. The van der Waals surface area contributed by atoms with Crippen molar-refractivity contribution in [2.24, 2.45) is 0 Å². The Balaban J connectivity index is 1.90. The maximum atomic E-state index is 12.9. The number of amides is 2. The third kappa shape index (κ3) is 3.03. The van der Waals surface area contributed by atoms with Crippen LogP contribution in [0.3, 0.4) is 0 Å². The average Bonchev–Trinajstić information content (AvgIpc) is 2.98. The van der Waals surface area contributed by atoms with E-state index in [9.17, 15) is 18.0 Å². The Bertz CT molecular complexity index is 738. The van der Waals surface area contributed by atoms with Gasteiger partial charge in [-0.3, -0.25) is 9.59 Å². The minimum atomic E-state index is -4.03. The van der Waals surface area contributed by atoms with Gasteiger partial charge >= 0.3 is 0 Å². The summed E-state index contributed by atoms with van der Waals surface area (Å²) in [5.74, 6) is -0.845. The van der Waals surface area contributed by atoms with Crippen LogP contribution in [0.25, 0.3) is 0 Å². The molecule has 24 heavy (non-hydrogen) atoms. The predicted molar refractivity (Wildman–Crippen MR) is 85.6 cm³/mol. The van der Waals surface area contributed by atoms with Crippen LogP contribution in [0.1, 0.15) is 18.4 Å². The lowest BCUT2D eigenvalue weighted by molar-refractivity contribution is -0.141. The summed E-state index contributed by atoms with van der Waals surface area (Å²) in [6, 6.07) is 5.32. The maximum absolute atomic E-state index is 12.9. The highest BCUT2D eigenvalue weighted by atomic mass is 32.2. The largest absolute Gasteiger partial charge is 0.378 e. The molecule has 0 unspecified atom stereocenters. The molecule has 2 heterocycles. The van der Waals surface area contributed by atoms with Gasteiger partial charge in [0.25, 0.3) is 10.0 Å². The first-order valence-electron chi connectivity index (χ1n) is 7.92. The number of carbonyl (C=O) groups is 2. The lowest BCUT2D eigenvalue weighted by Crippen LogP contribution is -2.51. The van der Waals surface area contributed by atoms with Crippen molar-refractivity contribution in [2.45, 2.75) is 30.7 Å². The highest BCUT2D eigenvalue weighted by Gasteiger charge is 2.45. The fourth-order valence-corrected chi connectivity index (χ4v) is 4.60. The van der Waals surface area contributed by atoms with Crippen LogP contribution in [0.5, 0.6) is 0 Å². The molecule has 2 fully saturated rings. The third-order valence-corrected chi connectivity index (χ3v) is 6.19. The zero-order valence-electron chi connectivity index (χ0n) is 13.5. The van der Waals surface area contributed by atoms with Crippen molar-refractivity contribution in [1.82, 2.24) is 9.21 Å². The van der Waals surface area contributed by atoms with Gasteiger partial charge in [-0.05, 0) is 25.5 Å². The molecule has 8 heteroatoms. The van der Waals surface area contributed by atoms with E-state index in [-0.39, 0.29) is 23.6 Å². The van der Waals surface area contributed by atoms with Crippen LogP contribution in [0.2, 0.25) is 0 Å². The van der Waals surface area contributed by atoms with Crippen molar-refractivity contribution in [3.63, 3.8) is 0 Å². The van der Waals surface area contributed by atoms with Crippen molar-refractivity contribution in [2.75, 3.05) is 26.3 Å². The second-order valence-electron chi connectivity index (χ2n) is 6.00. The lowest BCUT2D eigenvalue weighted by atomic mass is 10.2. The molecule has 0 N–H and O–H groups in total. The molecule has 0 radical (unpaired) electrons. The molecule has 0 aromatic heterocycles. The summed E-state index contributed by atoms with van der Waals surface area (Å²) < 4.78 is 31.7. The SMILES string of the molecule is Cc1ccc(S(=O)(=O)N2C(=O)CC[C@H]2C(=O)N2CCOCC2)cc1. The van der Waals surface area contributed by atoms with Gasteiger partial charge < -0.3 is 9.64 Å². The molecule has 1 aromatic rings. The zero-order chi connectivity index (χ0) is 17.3. The van der Waals surface area contributed by atoms with Crippen LogP contribution in [0.4, 0.5) is 0 Å². The minimum Gasteiger partial charge on any atom is -0.378 e. The van der Waals surface area contributed by atoms with Gasteiger partial charge in [-0.25, -0.2) is 12.7 Å². The Morgan fingerprint density at radius 1 is 1.17 bits per heavy atom. The van der Waals surface area contributed by atoms with Gasteiger partial charge in [0.1, 0.15) is 6.04 Å². The molecule has 2 saturated heterocycles. The quantitative estimate of drug-likeness (QED) is 0.792. The number of hydrogen-bond acceptors (Lipinski definition) is 5. The van der Waals surface area contributed by atoms with E-state index in [0.717, 1.165) is 9.87 Å². The molecule has 0 spiro atoms. The lowest BCUT2D eigenvalue weighted by Gasteiger charge is -2.32. The first kappa shape index (κ1) is 16.9. The molecular weight excluding hydrogens is 332 g/mol. The van der Waals surface area contributed by atoms with E-state index in [1.165, 1.54) is 12.1 Å². The molecule has 2 amide bonds. The third-order valence-electron chi connectivity index (χ3n) is 4.35. The Morgan fingerprint density at radius 2 is 1.79 bits per heavy atom. The number of aryl methyl sites for hydroxylation is 1. The summed E-state index contributed by atoms with van der Waals surface area (Å²) >= 11 is 0. The van der Waals surface area contributed by atoms with Crippen LogP contribution >= 0.6 is 0 Å². The van der Waals surface area contributed by atoms with E-state index < -0.39 is 22.0 Å². The molecule has 0 aliphatic carbocycles. The first-order chi connectivity index (χ1) is 11.4. The first-order valence-corrected chi connectivity index (χ1v) is 9.36. The average molecular weight is 352 g/mol. The summed E-state index contributed by atoms with van der Waals surface area (Å²) in [5.41, 5.74) is 0.919. The van der Waals surface area contributed by atoms with Gasteiger partial charge in [-0.1, -0.05) is 17.7 Å². The van der Waals surface area contributed by atoms with Crippen LogP contribution in [-0.4, -0.2) is 61.8 Å². The van der Waals surface area contributed by atoms with Crippen molar-refractivity contribution in [3.05, 3.63) is 29.8 Å². The fraction of sp³-hybridized carbons (Fsp3) is 0.500. The number of hydrogen-bond donors (Lipinski definition) is 0. The molecule has 1 atom stereocenters. The van der Waals surface area contributed by atoms with Crippen molar-refractivity contribution >= 4 is 21.8 Å². The van der Waals surface area contributed by atoms with Crippen LogP contribution in [0, 0.1) is 6.92 Å². The van der Waals surface area contributed by atoms with Crippen molar-refractivity contribution in [3.8, 4) is 0 Å². The molecule has 130 valence electrons. The van der Waals surface area contributed by atoms with E-state index in [1.54, 1.807) is 17.0 Å². The van der Waals surface area contributed by atoms with Crippen molar-refractivity contribution < 1.29 is 22.7 Å². The second-order valence-corrected chi connectivity index (χ2v) is 7.81. The number of morpholine rings is 1. The molecule has 2 aliphatic heterocycles. The second kappa shape index (κ2) is 6.52. The number of nitrogens with zero attached hydrogens (tertiary/aromatic N) is 2. The van der Waals surface area contributed by atoms with E-state index in [0.29, 0.717) is 26.3 Å². The Kier molecular flexibility index (Phi) is 4.60. The smallest absolute Gasteiger partial charge is 0.267 e. The van der Waals surface area contributed by atoms with Crippen molar-refractivity contribution in [1.29, 1.82) is 0 Å². The fourth-order valence-electron chi connectivity index (χ4n) is 3.01. The zero-order valence-corrected chi connectivity index (χ0v) is 14.3. The van der Waals surface area contributed by atoms with Gasteiger partial charge in [0.2, 0.25) is 11.8 Å². The molecule has 7 nitrogen and oxygen atoms in total. The van der Waals surface area contributed by atoms with E-state index in [1.807, 2.05) is 6.92 Å².